The number of carbonyl (C=O) groups excluding carboxylic acids is 1. The number of halogens is 2. The normalized spacial score (nSPS) is 11.9. The summed E-state index contributed by atoms with van der Waals surface area (Å²) in [7, 11) is 0. The van der Waals surface area contributed by atoms with Crippen LogP contribution in [0, 0.1) is 17.1 Å². The number of hydrogen-bond acceptors (Lipinski definition) is 3. The summed E-state index contributed by atoms with van der Waals surface area (Å²) in [5.41, 5.74) is 0.656. The molecule has 102 valence electrons. The molecule has 0 aliphatic rings. The Balaban J connectivity index is 2.43. The van der Waals surface area contributed by atoms with Crippen molar-refractivity contribution in [2.45, 2.75) is 19.3 Å². The van der Waals surface area contributed by atoms with E-state index in [2.05, 4.69) is 0 Å². The molecular formula is C15H11ClFNO2. The zero-order valence-electron chi connectivity index (χ0n) is 10.7. The number of nitriles is 1. The average Bonchev–Trinajstić information content (AvgIpc) is 2.90. The van der Waals surface area contributed by atoms with Crippen LogP contribution in [0.2, 0.25) is 5.02 Å². The minimum atomic E-state index is -1.08. The third-order valence-electron chi connectivity index (χ3n) is 3.00. The molecule has 1 aromatic heterocycles. The smallest absolute Gasteiger partial charge is 0.188 e. The quantitative estimate of drug-likeness (QED) is 0.796. The number of Topliss-reactive ketones (excluding diaryl/α,β-unsaturated/α-hetero) is 1. The molecule has 0 aliphatic carbocycles. The fourth-order valence-electron chi connectivity index (χ4n) is 1.99. The highest BCUT2D eigenvalue weighted by molar-refractivity contribution is 6.31. The monoisotopic (exact) mass is 291 g/mol. The van der Waals surface area contributed by atoms with Crippen molar-refractivity contribution in [1.82, 2.24) is 0 Å². The minimum absolute atomic E-state index is 0.0615. The van der Waals surface area contributed by atoms with Gasteiger partial charge in [-0.05, 0) is 23.8 Å². The first-order valence-electron chi connectivity index (χ1n) is 6.03. The van der Waals surface area contributed by atoms with E-state index in [0.717, 1.165) is 6.07 Å². The van der Waals surface area contributed by atoms with Crippen LogP contribution in [0.15, 0.2) is 34.9 Å². The Kier molecular flexibility index (Phi) is 4.21. The number of ketones is 1. The lowest BCUT2D eigenvalue weighted by molar-refractivity contribution is 0.0977. The van der Waals surface area contributed by atoms with Gasteiger partial charge in [0.25, 0.3) is 0 Å². The molecule has 3 nitrogen and oxygen atoms in total. The third kappa shape index (κ3) is 2.59. The molecule has 2 rings (SSSR count). The van der Waals surface area contributed by atoms with Crippen LogP contribution in [-0.2, 0) is 6.42 Å². The molecule has 2 aromatic rings. The van der Waals surface area contributed by atoms with Crippen molar-refractivity contribution < 1.29 is 13.6 Å². The van der Waals surface area contributed by atoms with E-state index in [-0.39, 0.29) is 5.02 Å². The molecule has 1 aromatic carbocycles. The van der Waals surface area contributed by atoms with E-state index >= 15 is 0 Å². The van der Waals surface area contributed by atoms with Gasteiger partial charge < -0.3 is 4.42 Å². The van der Waals surface area contributed by atoms with Crippen LogP contribution in [0.3, 0.4) is 0 Å². The summed E-state index contributed by atoms with van der Waals surface area (Å²) in [4.78, 5) is 12.4. The minimum Gasteiger partial charge on any atom is -0.469 e. The van der Waals surface area contributed by atoms with E-state index in [1.165, 1.54) is 24.5 Å². The fourth-order valence-corrected chi connectivity index (χ4v) is 2.27. The molecule has 1 heterocycles. The second kappa shape index (κ2) is 5.89. The highest BCUT2D eigenvalue weighted by Crippen LogP contribution is 2.29. The van der Waals surface area contributed by atoms with Gasteiger partial charge in [0.15, 0.2) is 5.78 Å². The molecule has 0 radical (unpaired) electrons. The number of hydrogen-bond donors (Lipinski definition) is 0. The van der Waals surface area contributed by atoms with Crippen molar-refractivity contribution >= 4 is 17.4 Å². The number of rotatable bonds is 4. The van der Waals surface area contributed by atoms with Crippen molar-refractivity contribution in [1.29, 1.82) is 5.26 Å². The highest BCUT2D eigenvalue weighted by Gasteiger charge is 2.27. The molecule has 20 heavy (non-hydrogen) atoms. The zero-order valence-corrected chi connectivity index (χ0v) is 11.4. The van der Waals surface area contributed by atoms with E-state index in [0.29, 0.717) is 23.3 Å². The van der Waals surface area contributed by atoms with Crippen LogP contribution in [0.5, 0.6) is 0 Å². The summed E-state index contributed by atoms with van der Waals surface area (Å²) < 4.78 is 18.2. The topological polar surface area (TPSA) is 54.0 Å². The lowest BCUT2D eigenvalue weighted by Crippen LogP contribution is -2.12. The van der Waals surface area contributed by atoms with Crippen LogP contribution in [-0.4, -0.2) is 5.78 Å². The van der Waals surface area contributed by atoms with Crippen LogP contribution in [0.4, 0.5) is 4.39 Å². The molecule has 0 N–H and O–H groups in total. The van der Waals surface area contributed by atoms with Crippen LogP contribution in [0.25, 0.3) is 0 Å². The Labute approximate surface area is 120 Å². The maximum absolute atomic E-state index is 13.0. The van der Waals surface area contributed by atoms with Gasteiger partial charge in [0.05, 0.1) is 17.9 Å². The van der Waals surface area contributed by atoms with Crippen LogP contribution < -0.4 is 0 Å². The summed E-state index contributed by atoms with van der Waals surface area (Å²) in [5.74, 6) is -1.47. The van der Waals surface area contributed by atoms with Gasteiger partial charge in [0, 0.05) is 11.4 Å². The predicted molar refractivity (Wildman–Crippen MR) is 72.2 cm³/mol. The molecule has 1 unspecified atom stereocenters. The Morgan fingerprint density at radius 3 is 2.85 bits per heavy atom. The van der Waals surface area contributed by atoms with Crippen LogP contribution in [0.1, 0.15) is 34.5 Å². The molecule has 0 amide bonds. The van der Waals surface area contributed by atoms with E-state index < -0.39 is 17.5 Å². The van der Waals surface area contributed by atoms with Gasteiger partial charge in [-0.3, -0.25) is 4.79 Å². The summed E-state index contributed by atoms with van der Waals surface area (Å²) in [5, 5.41) is 9.31. The van der Waals surface area contributed by atoms with Gasteiger partial charge >= 0.3 is 0 Å². The fraction of sp³-hybridized carbons (Fsp3) is 0.200. The van der Waals surface area contributed by atoms with Gasteiger partial charge in [-0.15, -0.1) is 0 Å². The van der Waals surface area contributed by atoms with Crippen molar-refractivity contribution in [2.24, 2.45) is 0 Å². The number of carbonyl (C=O) groups is 1. The molecular weight excluding hydrogens is 281 g/mol. The molecule has 0 bridgehead atoms. The summed E-state index contributed by atoms with van der Waals surface area (Å²) in [6, 6.07) is 7.07. The Morgan fingerprint density at radius 2 is 2.25 bits per heavy atom. The molecule has 0 spiro atoms. The average molecular weight is 292 g/mol. The molecule has 0 saturated heterocycles. The number of furan rings is 1. The number of benzene rings is 1. The van der Waals surface area contributed by atoms with Crippen LogP contribution >= 0.6 is 11.6 Å². The summed E-state index contributed by atoms with van der Waals surface area (Å²) in [6.07, 6.45) is 1.95. The van der Waals surface area contributed by atoms with Gasteiger partial charge in [-0.2, -0.15) is 5.26 Å². The predicted octanol–water partition coefficient (Wildman–Crippen LogP) is 4.12. The zero-order chi connectivity index (χ0) is 14.7. The Hall–Kier alpha value is -2.12. The number of nitrogens with zero attached hydrogens (tertiary/aromatic N) is 1. The second-order valence-corrected chi connectivity index (χ2v) is 4.61. The van der Waals surface area contributed by atoms with Gasteiger partial charge in [-0.25, -0.2) is 4.39 Å². The molecule has 5 heteroatoms. The Bertz CT molecular complexity index is 687. The number of aryl methyl sites for hydroxylation is 1. The van der Waals surface area contributed by atoms with E-state index in [1.54, 1.807) is 0 Å². The first-order valence-corrected chi connectivity index (χ1v) is 6.41. The van der Waals surface area contributed by atoms with Crippen molar-refractivity contribution in [3.05, 3.63) is 58.3 Å². The summed E-state index contributed by atoms with van der Waals surface area (Å²) >= 11 is 5.92. The third-order valence-corrected chi connectivity index (χ3v) is 3.32. The van der Waals surface area contributed by atoms with Crippen molar-refractivity contribution in [3.8, 4) is 6.07 Å². The molecule has 0 saturated carbocycles. The van der Waals surface area contributed by atoms with Gasteiger partial charge in [0.1, 0.15) is 17.5 Å². The molecule has 0 fully saturated rings. The van der Waals surface area contributed by atoms with Gasteiger partial charge in [0.2, 0.25) is 0 Å². The Morgan fingerprint density at radius 1 is 1.50 bits per heavy atom. The summed E-state index contributed by atoms with van der Waals surface area (Å²) in [6.45, 7) is 1.85. The SMILES string of the molecule is CCc1occc1C(=O)C(C#N)c1ccc(F)cc1Cl. The van der Waals surface area contributed by atoms with E-state index in [1.807, 2.05) is 13.0 Å². The largest absolute Gasteiger partial charge is 0.469 e. The van der Waals surface area contributed by atoms with E-state index in [4.69, 9.17) is 16.0 Å². The lowest BCUT2D eigenvalue weighted by atomic mass is 9.91. The maximum atomic E-state index is 13.0. The molecule has 0 aliphatic heterocycles. The van der Waals surface area contributed by atoms with Crippen molar-refractivity contribution in [3.63, 3.8) is 0 Å². The molecule has 1 atom stereocenters. The first-order chi connectivity index (χ1) is 9.58. The first kappa shape index (κ1) is 14.3. The van der Waals surface area contributed by atoms with E-state index in [9.17, 15) is 14.4 Å². The highest BCUT2D eigenvalue weighted by atomic mass is 35.5. The lowest BCUT2D eigenvalue weighted by Gasteiger charge is -2.10. The van der Waals surface area contributed by atoms with Gasteiger partial charge in [-0.1, -0.05) is 24.6 Å². The van der Waals surface area contributed by atoms with Crippen molar-refractivity contribution in [2.75, 3.05) is 0 Å². The maximum Gasteiger partial charge on any atom is 0.188 e. The second-order valence-electron chi connectivity index (χ2n) is 4.20. The standard InChI is InChI=1S/C15H11ClFNO2/c1-2-14-11(5-6-20-14)15(19)12(8-18)10-4-3-9(17)7-13(10)16/h3-7,12H,2H2,1H3.